The first-order valence-electron chi connectivity index (χ1n) is 10.4. The minimum absolute atomic E-state index is 0.123. The van der Waals surface area contributed by atoms with Gasteiger partial charge in [-0.2, -0.15) is 0 Å². The number of aromatic nitrogens is 1. The average molecular weight is 480 g/mol. The van der Waals surface area contributed by atoms with Gasteiger partial charge in [0.05, 0.1) is 0 Å². The van der Waals surface area contributed by atoms with Gasteiger partial charge in [-0.15, -0.1) is 0 Å². The summed E-state index contributed by atoms with van der Waals surface area (Å²) in [5.74, 6) is 0.915. The molecule has 0 saturated carbocycles. The van der Waals surface area contributed by atoms with Crippen molar-refractivity contribution in [2.24, 2.45) is 0 Å². The predicted molar refractivity (Wildman–Crippen MR) is 134 cm³/mol. The van der Waals surface area contributed by atoms with E-state index in [1.54, 1.807) is 12.1 Å². The molecular formula is C25H22ClN3O3S. The van der Waals surface area contributed by atoms with Gasteiger partial charge in [-0.25, -0.2) is 4.98 Å². The highest BCUT2D eigenvalue weighted by molar-refractivity contribution is 7.80. The summed E-state index contributed by atoms with van der Waals surface area (Å²) in [6.07, 6.45) is 1.50. The van der Waals surface area contributed by atoms with Crippen molar-refractivity contribution >= 4 is 51.6 Å². The Bertz CT molecular complexity index is 1270. The van der Waals surface area contributed by atoms with Crippen LogP contribution in [0, 0.1) is 0 Å². The number of carbonyl (C=O) groups is 1. The number of fused-ring (bicyclic) bond motifs is 1. The fourth-order valence-electron chi connectivity index (χ4n) is 3.20. The van der Waals surface area contributed by atoms with Gasteiger partial charge in [0.1, 0.15) is 11.3 Å². The molecule has 168 valence electrons. The van der Waals surface area contributed by atoms with E-state index in [1.807, 2.05) is 54.6 Å². The zero-order valence-electron chi connectivity index (χ0n) is 17.9. The number of ether oxygens (including phenoxy) is 1. The second kappa shape index (κ2) is 10.5. The van der Waals surface area contributed by atoms with Crippen LogP contribution in [0.4, 0.5) is 5.69 Å². The topological polar surface area (TPSA) is 76.4 Å². The maximum Gasteiger partial charge on any atom is 0.264 e. The summed E-state index contributed by atoms with van der Waals surface area (Å²) in [6.45, 7) is 1.96. The highest BCUT2D eigenvalue weighted by atomic mass is 35.5. The summed E-state index contributed by atoms with van der Waals surface area (Å²) in [7, 11) is 0. The smallest absolute Gasteiger partial charge is 0.264 e. The third kappa shape index (κ3) is 6.31. The van der Waals surface area contributed by atoms with Crippen LogP contribution in [0.15, 0.2) is 71.1 Å². The fourth-order valence-corrected chi connectivity index (χ4v) is 3.60. The molecule has 6 nitrogen and oxygen atoms in total. The number of oxazole rings is 1. The first-order valence-corrected chi connectivity index (χ1v) is 11.2. The molecule has 4 rings (SSSR count). The van der Waals surface area contributed by atoms with E-state index in [4.69, 9.17) is 33.0 Å². The quantitative estimate of drug-likeness (QED) is 0.339. The number of hydrogen-bond donors (Lipinski definition) is 2. The molecule has 8 heteroatoms. The van der Waals surface area contributed by atoms with E-state index in [1.165, 1.54) is 5.56 Å². The summed E-state index contributed by atoms with van der Waals surface area (Å²) in [6, 6.07) is 20.6. The third-order valence-electron chi connectivity index (χ3n) is 4.92. The lowest BCUT2D eigenvalue weighted by Gasteiger charge is -2.11. The van der Waals surface area contributed by atoms with Crippen molar-refractivity contribution in [1.82, 2.24) is 10.3 Å². The summed E-state index contributed by atoms with van der Waals surface area (Å²) in [4.78, 5) is 16.6. The van der Waals surface area contributed by atoms with Crippen molar-refractivity contribution in [3.63, 3.8) is 0 Å². The average Bonchev–Trinajstić information content (AvgIpc) is 3.20. The molecule has 33 heavy (non-hydrogen) atoms. The van der Waals surface area contributed by atoms with Gasteiger partial charge in [-0.3, -0.25) is 10.1 Å². The number of rotatable bonds is 7. The van der Waals surface area contributed by atoms with E-state index >= 15 is 0 Å². The van der Waals surface area contributed by atoms with Crippen LogP contribution in [0.25, 0.3) is 11.1 Å². The maximum atomic E-state index is 12.1. The number of nitrogens with zero attached hydrogens (tertiary/aromatic N) is 1. The van der Waals surface area contributed by atoms with Gasteiger partial charge in [0.2, 0.25) is 0 Å². The predicted octanol–water partition coefficient (Wildman–Crippen LogP) is 5.53. The second-order valence-corrected chi connectivity index (χ2v) is 8.23. The van der Waals surface area contributed by atoms with Crippen molar-refractivity contribution in [2.45, 2.75) is 19.8 Å². The van der Waals surface area contributed by atoms with Gasteiger partial charge >= 0.3 is 0 Å². The van der Waals surface area contributed by atoms with Crippen LogP contribution in [-0.4, -0.2) is 22.6 Å². The standard InChI is InChI=1S/C25H22ClN3O3S/c1-2-16-5-10-20(11-6-16)31-15-23(30)29-25(33)27-19-8-3-17(4-9-19)13-24-28-21-14-18(26)7-12-22(21)32-24/h3-12,14H,2,13,15H2,1H3,(H2,27,29,30,33). The summed E-state index contributed by atoms with van der Waals surface area (Å²) in [5.41, 5.74) is 4.43. The molecule has 0 radical (unpaired) electrons. The van der Waals surface area contributed by atoms with Crippen molar-refractivity contribution in [3.05, 3.63) is 88.8 Å². The van der Waals surface area contributed by atoms with Gasteiger partial charge in [0, 0.05) is 17.1 Å². The molecule has 0 aliphatic carbocycles. The molecule has 1 aromatic heterocycles. The first-order chi connectivity index (χ1) is 16.0. The van der Waals surface area contributed by atoms with Crippen LogP contribution < -0.4 is 15.4 Å². The number of carbonyl (C=O) groups excluding carboxylic acids is 1. The third-order valence-corrected chi connectivity index (χ3v) is 5.35. The van der Waals surface area contributed by atoms with E-state index in [0.29, 0.717) is 28.7 Å². The molecule has 0 fully saturated rings. The minimum Gasteiger partial charge on any atom is -0.484 e. The summed E-state index contributed by atoms with van der Waals surface area (Å²) >= 11 is 11.2. The Hall–Kier alpha value is -3.42. The van der Waals surface area contributed by atoms with Crippen molar-refractivity contribution in [1.29, 1.82) is 0 Å². The lowest BCUT2D eigenvalue weighted by molar-refractivity contribution is -0.121. The number of nitrogens with one attached hydrogen (secondary N) is 2. The van der Waals surface area contributed by atoms with Gasteiger partial charge in [-0.1, -0.05) is 42.8 Å². The Balaban J connectivity index is 1.26. The van der Waals surface area contributed by atoms with Gasteiger partial charge in [-0.05, 0) is 72.2 Å². The zero-order chi connectivity index (χ0) is 23.2. The summed E-state index contributed by atoms with van der Waals surface area (Å²) < 4.78 is 11.3. The molecule has 2 N–H and O–H groups in total. The van der Waals surface area contributed by atoms with Crippen LogP contribution >= 0.6 is 23.8 Å². The maximum absolute atomic E-state index is 12.1. The van der Waals surface area contributed by atoms with Crippen molar-refractivity contribution in [3.8, 4) is 5.75 Å². The Labute approximate surface area is 201 Å². The minimum atomic E-state index is -0.334. The Morgan fingerprint density at radius 1 is 1.06 bits per heavy atom. The molecule has 0 atom stereocenters. The van der Waals surface area contributed by atoms with Crippen molar-refractivity contribution < 1.29 is 13.9 Å². The first kappa shape index (κ1) is 22.8. The highest BCUT2D eigenvalue weighted by Crippen LogP contribution is 2.22. The number of hydrogen-bond acceptors (Lipinski definition) is 5. The number of anilines is 1. The lowest BCUT2D eigenvalue weighted by atomic mass is 10.1. The van der Waals surface area contributed by atoms with Crippen LogP contribution in [0.3, 0.4) is 0 Å². The van der Waals surface area contributed by atoms with Crippen molar-refractivity contribution in [2.75, 3.05) is 11.9 Å². The lowest BCUT2D eigenvalue weighted by Crippen LogP contribution is -2.37. The van der Waals surface area contributed by atoms with E-state index in [-0.39, 0.29) is 17.6 Å². The van der Waals surface area contributed by atoms with Crippen LogP contribution in [0.5, 0.6) is 5.75 Å². The van der Waals surface area contributed by atoms with Crippen LogP contribution in [0.2, 0.25) is 5.02 Å². The largest absolute Gasteiger partial charge is 0.484 e. The highest BCUT2D eigenvalue weighted by Gasteiger charge is 2.09. The normalized spacial score (nSPS) is 10.7. The number of halogens is 1. The Morgan fingerprint density at radius 3 is 2.52 bits per heavy atom. The van der Waals surface area contributed by atoms with E-state index < -0.39 is 0 Å². The number of benzene rings is 3. The van der Waals surface area contributed by atoms with Crippen LogP contribution in [0.1, 0.15) is 23.9 Å². The number of thiocarbonyl (C=S) groups is 1. The fraction of sp³-hybridized carbons (Fsp3) is 0.160. The van der Waals surface area contributed by atoms with E-state index in [2.05, 4.69) is 22.5 Å². The van der Waals surface area contributed by atoms with Gasteiger partial charge in [0.15, 0.2) is 23.2 Å². The molecule has 0 unspecified atom stereocenters. The Morgan fingerprint density at radius 2 is 1.79 bits per heavy atom. The SMILES string of the molecule is CCc1ccc(OCC(=O)NC(=S)Nc2ccc(Cc3nc4cc(Cl)ccc4o3)cc2)cc1. The molecule has 4 aromatic rings. The zero-order valence-corrected chi connectivity index (χ0v) is 19.5. The van der Waals surface area contributed by atoms with Crippen LogP contribution in [-0.2, 0) is 17.6 Å². The molecule has 0 bridgehead atoms. The monoisotopic (exact) mass is 479 g/mol. The van der Waals surface area contributed by atoms with Gasteiger partial charge < -0.3 is 14.5 Å². The molecule has 1 heterocycles. The second-order valence-electron chi connectivity index (χ2n) is 7.38. The molecule has 3 aromatic carbocycles. The van der Waals surface area contributed by atoms with Gasteiger partial charge in [0.25, 0.3) is 5.91 Å². The summed E-state index contributed by atoms with van der Waals surface area (Å²) in [5, 5.41) is 6.44. The molecule has 1 amide bonds. The Kier molecular flexibility index (Phi) is 7.22. The number of aryl methyl sites for hydroxylation is 1. The molecular weight excluding hydrogens is 458 g/mol. The molecule has 0 spiro atoms. The van der Waals surface area contributed by atoms with E-state index in [9.17, 15) is 4.79 Å². The number of amides is 1. The molecule has 0 aliphatic rings. The van der Waals surface area contributed by atoms with E-state index in [0.717, 1.165) is 23.2 Å². The molecule has 0 aliphatic heterocycles. The molecule has 0 saturated heterocycles.